The molecule has 0 heterocycles. The van der Waals surface area contributed by atoms with E-state index in [0.717, 1.165) is 16.9 Å². The third-order valence-electron chi connectivity index (χ3n) is 2.78. The zero-order valence-corrected chi connectivity index (χ0v) is 12.8. The number of carbonyl (C=O) groups excluding carboxylic acids is 1. The van der Waals surface area contributed by atoms with Gasteiger partial charge in [0.05, 0.1) is 13.2 Å². The SMILES string of the molecule is COc1ccc(C(CN)NC(=O)OC(C)(C)C)c(C)c1. The summed E-state index contributed by atoms with van der Waals surface area (Å²) >= 11 is 0. The smallest absolute Gasteiger partial charge is 0.408 e. The van der Waals surface area contributed by atoms with Crippen molar-refractivity contribution in [3.05, 3.63) is 29.3 Å². The van der Waals surface area contributed by atoms with E-state index in [0.29, 0.717) is 6.54 Å². The number of nitrogens with one attached hydrogen (secondary N) is 1. The Morgan fingerprint density at radius 2 is 2.05 bits per heavy atom. The van der Waals surface area contributed by atoms with Crippen molar-refractivity contribution in [3.8, 4) is 5.75 Å². The van der Waals surface area contributed by atoms with Gasteiger partial charge in [0.1, 0.15) is 11.4 Å². The van der Waals surface area contributed by atoms with E-state index in [2.05, 4.69) is 5.32 Å². The molecular weight excluding hydrogens is 256 g/mol. The highest BCUT2D eigenvalue weighted by Crippen LogP contribution is 2.22. The molecule has 0 radical (unpaired) electrons. The normalized spacial score (nSPS) is 12.7. The minimum absolute atomic E-state index is 0.282. The van der Waals surface area contributed by atoms with Crippen LogP contribution in [-0.4, -0.2) is 25.3 Å². The number of hydrogen-bond donors (Lipinski definition) is 2. The molecular formula is C15H24N2O3. The topological polar surface area (TPSA) is 73.6 Å². The van der Waals surface area contributed by atoms with Crippen LogP contribution in [0.4, 0.5) is 4.79 Å². The summed E-state index contributed by atoms with van der Waals surface area (Å²) in [5.74, 6) is 0.777. The third-order valence-corrected chi connectivity index (χ3v) is 2.78. The van der Waals surface area contributed by atoms with E-state index in [1.165, 1.54) is 0 Å². The molecule has 1 atom stereocenters. The first-order valence-electron chi connectivity index (χ1n) is 6.61. The number of aryl methyl sites for hydroxylation is 1. The molecule has 1 aromatic rings. The molecule has 1 amide bonds. The van der Waals surface area contributed by atoms with Gasteiger partial charge in [-0.25, -0.2) is 4.79 Å². The number of benzene rings is 1. The van der Waals surface area contributed by atoms with Crippen LogP contribution in [0, 0.1) is 6.92 Å². The lowest BCUT2D eigenvalue weighted by molar-refractivity contribution is 0.0505. The van der Waals surface area contributed by atoms with Crippen molar-refractivity contribution in [2.45, 2.75) is 39.3 Å². The second-order valence-corrected chi connectivity index (χ2v) is 5.66. The number of rotatable bonds is 4. The van der Waals surface area contributed by atoms with Crippen LogP contribution in [-0.2, 0) is 4.74 Å². The van der Waals surface area contributed by atoms with Crippen LogP contribution >= 0.6 is 0 Å². The van der Waals surface area contributed by atoms with E-state index in [9.17, 15) is 4.79 Å². The minimum atomic E-state index is -0.530. The molecule has 5 heteroatoms. The van der Waals surface area contributed by atoms with Gasteiger partial charge in [-0.15, -0.1) is 0 Å². The maximum atomic E-state index is 11.8. The summed E-state index contributed by atoms with van der Waals surface area (Å²) in [6.45, 7) is 7.72. The van der Waals surface area contributed by atoms with E-state index in [1.54, 1.807) is 7.11 Å². The fraction of sp³-hybridized carbons (Fsp3) is 0.533. The summed E-state index contributed by atoms with van der Waals surface area (Å²) in [5, 5.41) is 2.79. The Balaban J connectivity index is 2.83. The molecule has 3 N–H and O–H groups in total. The predicted molar refractivity (Wildman–Crippen MR) is 78.9 cm³/mol. The van der Waals surface area contributed by atoms with E-state index < -0.39 is 11.7 Å². The van der Waals surface area contributed by atoms with Crippen molar-refractivity contribution < 1.29 is 14.3 Å². The molecule has 0 spiro atoms. The van der Waals surface area contributed by atoms with Crippen molar-refractivity contribution in [1.29, 1.82) is 0 Å². The highest BCUT2D eigenvalue weighted by molar-refractivity contribution is 5.68. The summed E-state index contributed by atoms with van der Waals surface area (Å²) in [6.07, 6.45) is -0.469. The maximum Gasteiger partial charge on any atom is 0.408 e. The van der Waals surface area contributed by atoms with Gasteiger partial charge in [0.15, 0.2) is 0 Å². The molecule has 0 fully saturated rings. The van der Waals surface area contributed by atoms with Crippen molar-refractivity contribution in [1.82, 2.24) is 5.32 Å². The number of alkyl carbamates (subject to hydrolysis) is 1. The van der Waals surface area contributed by atoms with Crippen molar-refractivity contribution in [3.63, 3.8) is 0 Å². The first-order chi connectivity index (χ1) is 9.26. The highest BCUT2D eigenvalue weighted by Gasteiger charge is 2.20. The number of ether oxygens (including phenoxy) is 2. The van der Waals surface area contributed by atoms with E-state index in [1.807, 2.05) is 45.9 Å². The Morgan fingerprint density at radius 1 is 1.40 bits per heavy atom. The number of carbonyl (C=O) groups is 1. The van der Waals surface area contributed by atoms with Crippen LogP contribution < -0.4 is 15.8 Å². The van der Waals surface area contributed by atoms with Crippen LogP contribution in [0.15, 0.2) is 18.2 Å². The Labute approximate surface area is 120 Å². The molecule has 1 unspecified atom stereocenters. The van der Waals surface area contributed by atoms with Crippen molar-refractivity contribution in [2.75, 3.05) is 13.7 Å². The Hall–Kier alpha value is -1.75. The van der Waals surface area contributed by atoms with E-state index in [4.69, 9.17) is 15.2 Å². The quantitative estimate of drug-likeness (QED) is 0.889. The summed E-state index contributed by atoms with van der Waals surface area (Å²) in [5.41, 5.74) is 7.19. The van der Waals surface area contributed by atoms with Gasteiger partial charge in [-0.05, 0) is 51.0 Å². The van der Waals surface area contributed by atoms with Crippen LogP contribution in [0.5, 0.6) is 5.75 Å². The molecule has 0 bridgehead atoms. The number of nitrogens with two attached hydrogens (primary N) is 1. The fourth-order valence-electron chi connectivity index (χ4n) is 1.88. The molecule has 1 aromatic carbocycles. The molecule has 112 valence electrons. The molecule has 0 aliphatic heterocycles. The molecule has 20 heavy (non-hydrogen) atoms. The fourth-order valence-corrected chi connectivity index (χ4v) is 1.88. The van der Waals surface area contributed by atoms with Gasteiger partial charge in [0.2, 0.25) is 0 Å². The first kappa shape index (κ1) is 16.3. The number of methoxy groups -OCH3 is 1. The van der Waals surface area contributed by atoms with E-state index >= 15 is 0 Å². The van der Waals surface area contributed by atoms with Crippen LogP contribution in [0.1, 0.15) is 37.9 Å². The Bertz CT molecular complexity index is 467. The van der Waals surface area contributed by atoms with Gasteiger partial charge in [-0.3, -0.25) is 0 Å². The molecule has 1 rings (SSSR count). The average Bonchev–Trinajstić information content (AvgIpc) is 2.34. The first-order valence-corrected chi connectivity index (χ1v) is 6.61. The predicted octanol–water partition coefficient (Wildman–Crippen LogP) is 2.53. The molecule has 0 aliphatic rings. The van der Waals surface area contributed by atoms with Gasteiger partial charge in [-0.1, -0.05) is 6.07 Å². The van der Waals surface area contributed by atoms with Gasteiger partial charge in [0.25, 0.3) is 0 Å². The van der Waals surface area contributed by atoms with E-state index in [-0.39, 0.29) is 6.04 Å². The van der Waals surface area contributed by atoms with Crippen molar-refractivity contribution in [2.24, 2.45) is 5.73 Å². The van der Waals surface area contributed by atoms with Crippen molar-refractivity contribution >= 4 is 6.09 Å². The monoisotopic (exact) mass is 280 g/mol. The third kappa shape index (κ3) is 4.74. The molecule has 0 saturated heterocycles. The van der Waals surface area contributed by atoms with Gasteiger partial charge >= 0.3 is 6.09 Å². The lowest BCUT2D eigenvalue weighted by atomic mass is 10.0. The molecule has 0 saturated carbocycles. The zero-order chi connectivity index (χ0) is 15.3. The molecule has 0 aliphatic carbocycles. The largest absolute Gasteiger partial charge is 0.497 e. The number of hydrogen-bond acceptors (Lipinski definition) is 4. The lowest BCUT2D eigenvalue weighted by Crippen LogP contribution is -2.38. The summed E-state index contributed by atoms with van der Waals surface area (Å²) in [7, 11) is 1.62. The summed E-state index contributed by atoms with van der Waals surface area (Å²) in [4.78, 5) is 11.8. The van der Waals surface area contributed by atoms with Gasteiger partial charge < -0.3 is 20.5 Å². The van der Waals surface area contributed by atoms with Crippen LogP contribution in [0.25, 0.3) is 0 Å². The Kier molecular flexibility index (Phi) is 5.39. The Morgan fingerprint density at radius 3 is 2.50 bits per heavy atom. The summed E-state index contributed by atoms with van der Waals surface area (Å²) < 4.78 is 10.4. The molecule has 0 aromatic heterocycles. The summed E-state index contributed by atoms with van der Waals surface area (Å²) in [6, 6.07) is 5.38. The maximum absolute atomic E-state index is 11.8. The zero-order valence-electron chi connectivity index (χ0n) is 12.8. The average molecular weight is 280 g/mol. The number of amides is 1. The van der Waals surface area contributed by atoms with Crippen LogP contribution in [0.2, 0.25) is 0 Å². The van der Waals surface area contributed by atoms with Crippen LogP contribution in [0.3, 0.4) is 0 Å². The second kappa shape index (κ2) is 6.61. The second-order valence-electron chi connectivity index (χ2n) is 5.66. The highest BCUT2D eigenvalue weighted by atomic mass is 16.6. The minimum Gasteiger partial charge on any atom is -0.497 e. The lowest BCUT2D eigenvalue weighted by Gasteiger charge is -2.24. The standard InChI is InChI=1S/C15H24N2O3/c1-10-8-11(19-5)6-7-12(10)13(9-16)17-14(18)20-15(2,3)4/h6-8,13H,9,16H2,1-5H3,(H,17,18). The molecule has 5 nitrogen and oxygen atoms in total. The van der Waals surface area contributed by atoms with Gasteiger partial charge in [0, 0.05) is 6.54 Å². The van der Waals surface area contributed by atoms with Gasteiger partial charge in [-0.2, -0.15) is 0 Å².